The Balaban J connectivity index is 4.25. The Morgan fingerprint density at radius 1 is 0.933 bits per heavy atom. The Hall–Kier alpha value is -0.920. The van der Waals surface area contributed by atoms with Crippen LogP contribution in [0.15, 0.2) is 12.2 Å². The molecule has 2 heteroatoms. The minimum absolute atomic E-state index is 0.0595. The van der Waals surface area contributed by atoms with E-state index in [1.165, 1.54) is 6.08 Å². The van der Waals surface area contributed by atoms with Crippen LogP contribution < -0.4 is 0 Å². The smallest absolute Gasteiger partial charge is 0.160 e. The molecule has 0 saturated carbocycles. The zero-order valence-corrected chi connectivity index (χ0v) is 10.7. The molecule has 0 unspecified atom stereocenters. The van der Waals surface area contributed by atoms with E-state index in [1.807, 2.05) is 41.5 Å². The predicted molar refractivity (Wildman–Crippen MR) is 62.7 cm³/mol. The molecule has 0 heterocycles. The molecule has 0 amide bonds. The lowest BCUT2D eigenvalue weighted by molar-refractivity contribution is -0.125. The third kappa shape index (κ3) is 5.50. The molecule has 0 spiro atoms. The van der Waals surface area contributed by atoms with Crippen molar-refractivity contribution in [1.29, 1.82) is 0 Å². The summed E-state index contributed by atoms with van der Waals surface area (Å²) < 4.78 is 0. The van der Waals surface area contributed by atoms with Gasteiger partial charge in [-0.1, -0.05) is 47.6 Å². The highest BCUT2D eigenvalue weighted by Gasteiger charge is 2.20. The van der Waals surface area contributed by atoms with Gasteiger partial charge in [-0.3, -0.25) is 9.59 Å². The van der Waals surface area contributed by atoms with Crippen LogP contribution in [0.5, 0.6) is 0 Å². The molecular formula is C13H22O2. The molecule has 0 aliphatic rings. The second kappa shape index (κ2) is 4.73. The Morgan fingerprint density at radius 2 is 1.40 bits per heavy atom. The summed E-state index contributed by atoms with van der Waals surface area (Å²) in [7, 11) is 0. The van der Waals surface area contributed by atoms with Gasteiger partial charge in [-0.05, 0) is 6.08 Å². The fraction of sp³-hybridized carbons (Fsp3) is 0.692. The highest BCUT2D eigenvalue weighted by atomic mass is 16.1. The third-order valence-corrected chi connectivity index (χ3v) is 2.15. The van der Waals surface area contributed by atoms with Gasteiger partial charge in [0.25, 0.3) is 0 Å². The molecular weight excluding hydrogens is 188 g/mol. The van der Waals surface area contributed by atoms with E-state index in [9.17, 15) is 9.59 Å². The lowest BCUT2D eigenvalue weighted by Gasteiger charge is -2.15. The van der Waals surface area contributed by atoms with Crippen molar-refractivity contribution in [2.75, 3.05) is 0 Å². The molecule has 0 fully saturated rings. The zero-order valence-electron chi connectivity index (χ0n) is 10.7. The van der Waals surface area contributed by atoms with Crippen molar-refractivity contribution < 1.29 is 9.59 Å². The van der Waals surface area contributed by atoms with Crippen LogP contribution in [-0.2, 0) is 9.59 Å². The third-order valence-electron chi connectivity index (χ3n) is 2.15. The van der Waals surface area contributed by atoms with Crippen molar-refractivity contribution in [2.24, 2.45) is 10.8 Å². The highest BCUT2D eigenvalue weighted by molar-refractivity contribution is 5.94. The first-order valence-corrected chi connectivity index (χ1v) is 5.29. The van der Waals surface area contributed by atoms with E-state index in [0.29, 0.717) is 6.42 Å². The molecule has 0 atom stereocenters. The first kappa shape index (κ1) is 14.1. The van der Waals surface area contributed by atoms with Crippen LogP contribution in [0.4, 0.5) is 0 Å². The van der Waals surface area contributed by atoms with Crippen LogP contribution in [0.1, 0.15) is 48.0 Å². The van der Waals surface area contributed by atoms with Crippen molar-refractivity contribution in [2.45, 2.75) is 48.0 Å². The van der Waals surface area contributed by atoms with E-state index in [0.717, 1.165) is 0 Å². The van der Waals surface area contributed by atoms with Crippen LogP contribution in [0, 0.1) is 10.8 Å². The largest absolute Gasteiger partial charge is 0.299 e. The van der Waals surface area contributed by atoms with E-state index in [2.05, 4.69) is 0 Å². The van der Waals surface area contributed by atoms with Crippen LogP contribution >= 0.6 is 0 Å². The van der Waals surface area contributed by atoms with Crippen LogP contribution in [-0.4, -0.2) is 11.6 Å². The topological polar surface area (TPSA) is 34.1 Å². The number of hydrogen-bond donors (Lipinski definition) is 0. The molecule has 15 heavy (non-hydrogen) atoms. The summed E-state index contributed by atoms with van der Waals surface area (Å²) in [6.45, 7) is 11.3. The lowest BCUT2D eigenvalue weighted by Crippen LogP contribution is -2.20. The standard InChI is InChI=1S/C13H22O2/c1-12(2,3)10(14)8-7-9-11(15)13(4,5)6/h7-8H,9H2,1-6H3/b8-7+. The van der Waals surface area contributed by atoms with Crippen LogP contribution in [0.25, 0.3) is 0 Å². The summed E-state index contributed by atoms with van der Waals surface area (Å²) >= 11 is 0. The minimum Gasteiger partial charge on any atom is -0.299 e. The van der Waals surface area contributed by atoms with Crippen LogP contribution in [0.3, 0.4) is 0 Å². The summed E-state index contributed by atoms with van der Waals surface area (Å²) in [5.41, 5.74) is -0.684. The van der Waals surface area contributed by atoms with Gasteiger partial charge in [0.15, 0.2) is 5.78 Å². The maximum atomic E-state index is 11.5. The van der Waals surface area contributed by atoms with Crippen LogP contribution in [0.2, 0.25) is 0 Å². The number of allylic oxidation sites excluding steroid dienone is 2. The summed E-state index contributed by atoms with van der Waals surface area (Å²) in [5, 5.41) is 0. The molecule has 0 rings (SSSR count). The molecule has 0 aromatic carbocycles. The Labute approximate surface area is 92.8 Å². The molecule has 0 aromatic heterocycles. The molecule has 0 radical (unpaired) electrons. The number of hydrogen-bond acceptors (Lipinski definition) is 2. The monoisotopic (exact) mass is 210 g/mol. The van der Waals surface area contributed by atoms with Gasteiger partial charge in [-0.15, -0.1) is 0 Å². The summed E-state index contributed by atoms with van der Waals surface area (Å²) in [5.74, 6) is 0.213. The summed E-state index contributed by atoms with van der Waals surface area (Å²) in [6.07, 6.45) is 3.52. The Bertz CT molecular complexity index is 272. The van der Waals surface area contributed by atoms with Gasteiger partial charge in [0.2, 0.25) is 0 Å². The van der Waals surface area contributed by atoms with E-state index in [4.69, 9.17) is 0 Å². The first-order valence-electron chi connectivity index (χ1n) is 5.29. The average Bonchev–Trinajstić information content (AvgIpc) is 2.00. The number of carbonyl (C=O) groups excluding carboxylic acids is 2. The molecule has 86 valence electrons. The van der Waals surface area contributed by atoms with Gasteiger partial charge in [-0.25, -0.2) is 0 Å². The maximum Gasteiger partial charge on any atom is 0.160 e. The summed E-state index contributed by atoms with van der Waals surface area (Å²) in [6, 6.07) is 0. The molecule has 0 aromatic rings. The van der Waals surface area contributed by atoms with Crippen molar-refractivity contribution >= 4 is 11.6 Å². The molecule has 0 aliphatic carbocycles. The first-order chi connectivity index (χ1) is 6.55. The van der Waals surface area contributed by atoms with Gasteiger partial charge in [0.05, 0.1) is 0 Å². The van der Waals surface area contributed by atoms with Gasteiger partial charge >= 0.3 is 0 Å². The number of ketones is 2. The number of Topliss-reactive ketones (excluding diaryl/α,β-unsaturated/α-hetero) is 1. The lowest BCUT2D eigenvalue weighted by atomic mass is 9.87. The predicted octanol–water partition coefficient (Wildman–Crippen LogP) is 3.16. The molecule has 0 N–H and O–H groups in total. The normalized spacial score (nSPS) is 13.2. The van der Waals surface area contributed by atoms with Gasteiger partial charge < -0.3 is 0 Å². The Morgan fingerprint density at radius 3 is 1.73 bits per heavy atom. The van der Waals surface area contributed by atoms with E-state index < -0.39 is 0 Å². The van der Waals surface area contributed by atoms with Gasteiger partial charge in [0, 0.05) is 17.3 Å². The van der Waals surface area contributed by atoms with Gasteiger partial charge in [0.1, 0.15) is 5.78 Å². The van der Waals surface area contributed by atoms with Crippen molar-refractivity contribution in [3.8, 4) is 0 Å². The van der Waals surface area contributed by atoms with Crippen molar-refractivity contribution in [3.63, 3.8) is 0 Å². The fourth-order valence-electron chi connectivity index (χ4n) is 0.829. The maximum absolute atomic E-state index is 11.5. The second-order valence-corrected chi connectivity index (χ2v) is 5.89. The van der Waals surface area contributed by atoms with Crippen molar-refractivity contribution in [3.05, 3.63) is 12.2 Å². The van der Waals surface area contributed by atoms with Crippen molar-refractivity contribution in [1.82, 2.24) is 0 Å². The van der Waals surface area contributed by atoms with E-state index >= 15 is 0 Å². The van der Waals surface area contributed by atoms with E-state index in [1.54, 1.807) is 6.08 Å². The minimum atomic E-state index is -0.360. The van der Waals surface area contributed by atoms with E-state index in [-0.39, 0.29) is 22.4 Å². The zero-order chi connectivity index (χ0) is 12.3. The average molecular weight is 210 g/mol. The quantitative estimate of drug-likeness (QED) is 0.670. The van der Waals surface area contributed by atoms with Gasteiger partial charge in [-0.2, -0.15) is 0 Å². The number of carbonyl (C=O) groups is 2. The second-order valence-electron chi connectivity index (χ2n) is 5.89. The SMILES string of the molecule is CC(C)(C)C(=O)/C=C/CC(=O)C(C)(C)C. The summed E-state index contributed by atoms with van der Waals surface area (Å²) in [4.78, 5) is 23.0. The number of rotatable bonds is 3. The fourth-order valence-corrected chi connectivity index (χ4v) is 0.829. The Kier molecular flexibility index (Phi) is 4.44. The molecule has 0 bridgehead atoms. The molecule has 0 aliphatic heterocycles. The molecule has 0 saturated heterocycles. The highest BCUT2D eigenvalue weighted by Crippen LogP contribution is 2.18. The molecule has 2 nitrogen and oxygen atoms in total.